The van der Waals surface area contributed by atoms with Crippen LogP contribution in [0.4, 0.5) is 5.69 Å². The smallest absolute Gasteiger partial charge is 0.344 e. The van der Waals surface area contributed by atoms with Crippen molar-refractivity contribution in [2.75, 3.05) is 0 Å². The normalized spacial score (nSPS) is 10.9. The Morgan fingerprint density at radius 3 is 2.34 bits per heavy atom. The van der Waals surface area contributed by atoms with Crippen LogP contribution in [0.25, 0.3) is 22.1 Å². The molecule has 0 bridgehead atoms. The Kier molecular flexibility index (Phi) is 4.56. The van der Waals surface area contributed by atoms with Gasteiger partial charge in [-0.3, -0.25) is 14.9 Å². The standard InChI is InChI=1S/C22H16N2O5/c1-14-11-20-19(21(25)23(14)13-15-5-3-2-4-6-15)12-18(22(26)29-20)16-7-9-17(10-8-16)24(27)28/h2-12H,13H2,1H3. The fraction of sp³-hybridized carbons (Fsp3) is 0.0909. The third-order valence-electron chi connectivity index (χ3n) is 4.79. The van der Waals surface area contributed by atoms with Gasteiger partial charge in [0.2, 0.25) is 0 Å². The summed E-state index contributed by atoms with van der Waals surface area (Å²) in [4.78, 5) is 35.9. The number of nitro groups is 1. The first-order valence-electron chi connectivity index (χ1n) is 8.91. The highest BCUT2D eigenvalue weighted by Gasteiger charge is 2.14. The molecule has 2 aromatic heterocycles. The van der Waals surface area contributed by atoms with E-state index in [0.29, 0.717) is 17.8 Å². The summed E-state index contributed by atoms with van der Waals surface area (Å²) in [6.45, 7) is 2.18. The van der Waals surface area contributed by atoms with Gasteiger partial charge in [0.1, 0.15) is 5.58 Å². The molecule has 0 aliphatic heterocycles. The van der Waals surface area contributed by atoms with Crippen LogP contribution in [0.2, 0.25) is 0 Å². The minimum atomic E-state index is -0.606. The molecule has 7 nitrogen and oxygen atoms in total. The maximum Gasteiger partial charge on any atom is 0.344 e. The number of pyridine rings is 1. The van der Waals surface area contributed by atoms with Gasteiger partial charge in [0.15, 0.2) is 0 Å². The van der Waals surface area contributed by atoms with Gasteiger partial charge in [-0.05, 0) is 36.2 Å². The van der Waals surface area contributed by atoms with E-state index in [2.05, 4.69) is 0 Å². The Morgan fingerprint density at radius 1 is 1.00 bits per heavy atom. The summed E-state index contributed by atoms with van der Waals surface area (Å²) >= 11 is 0. The van der Waals surface area contributed by atoms with Crippen molar-refractivity contribution >= 4 is 16.7 Å². The van der Waals surface area contributed by atoms with Gasteiger partial charge in [-0.2, -0.15) is 0 Å². The minimum absolute atomic E-state index is 0.0835. The van der Waals surface area contributed by atoms with Crippen LogP contribution in [-0.4, -0.2) is 9.49 Å². The first-order valence-corrected chi connectivity index (χ1v) is 8.91. The van der Waals surface area contributed by atoms with Crippen molar-refractivity contribution in [1.82, 2.24) is 4.57 Å². The monoisotopic (exact) mass is 388 g/mol. The number of nitro benzene ring substituents is 1. The predicted octanol–water partition coefficient (Wildman–Crippen LogP) is 3.89. The quantitative estimate of drug-likeness (QED) is 0.390. The van der Waals surface area contributed by atoms with Crippen LogP contribution >= 0.6 is 0 Å². The third-order valence-corrected chi connectivity index (χ3v) is 4.79. The van der Waals surface area contributed by atoms with Crippen LogP contribution in [0, 0.1) is 17.0 Å². The lowest BCUT2D eigenvalue weighted by molar-refractivity contribution is -0.384. The fourth-order valence-electron chi connectivity index (χ4n) is 3.26. The number of fused-ring (bicyclic) bond motifs is 1. The van der Waals surface area contributed by atoms with Gasteiger partial charge in [-0.25, -0.2) is 4.79 Å². The predicted molar refractivity (Wildman–Crippen MR) is 109 cm³/mol. The number of hydrogen-bond donors (Lipinski definition) is 0. The summed E-state index contributed by atoms with van der Waals surface area (Å²) in [6.07, 6.45) is 0. The molecule has 0 fully saturated rings. The molecule has 4 rings (SSSR count). The highest BCUT2D eigenvalue weighted by molar-refractivity contribution is 5.81. The van der Waals surface area contributed by atoms with Crippen LogP contribution < -0.4 is 11.2 Å². The van der Waals surface area contributed by atoms with Crippen molar-refractivity contribution in [1.29, 1.82) is 0 Å². The van der Waals surface area contributed by atoms with Crippen molar-refractivity contribution in [3.63, 3.8) is 0 Å². The van der Waals surface area contributed by atoms with Crippen molar-refractivity contribution in [2.45, 2.75) is 13.5 Å². The van der Waals surface area contributed by atoms with E-state index in [1.807, 2.05) is 30.3 Å². The molecule has 0 N–H and O–H groups in total. The summed E-state index contributed by atoms with van der Waals surface area (Å²) in [5, 5.41) is 11.1. The maximum absolute atomic E-state index is 13.1. The first kappa shape index (κ1) is 18.4. The lowest BCUT2D eigenvalue weighted by Crippen LogP contribution is -2.23. The van der Waals surface area contributed by atoms with E-state index >= 15 is 0 Å². The number of aromatic nitrogens is 1. The van der Waals surface area contributed by atoms with E-state index < -0.39 is 10.5 Å². The van der Waals surface area contributed by atoms with Gasteiger partial charge in [-0.15, -0.1) is 0 Å². The molecule has 2 aromatic carbocycles. The lowest BCUT2D eigenvalue weighted by atomic mass is 10.1. The van der Waals surface area contributed by atoms with E-state index in [4.69, 9.17) is 4.42 Å². The number of aryl methyl sites for hydroxylation is 1. The van der Waals surface area contributed by atoms with Gasteiger partial charge >= 0.3 is 5.63 Å². The Hall–Kier alpha value is -4.00. The molecule has 144 valence electrons. The minimum Gasteiger partial charge on any atom is -0.422 e. The topological polar surface area (TPSA) is 95.3 Å². The van der Waals surface area contributed by atoms with E-state index in [-0.39, 0.29) is 27.8 Å². The number of nitrogens with zero attached hydrogens (tertiary/aromatic N) is 2. The second kappa shape index (κ2) is 7.20. The second-order valence-electron chi connectivity index (χ2n) is 6.69. The zero-order valence-corrected chi connectivity index (χ0v) is 15.5. The number of rotatable bonds is 4. The molecule has 0 saturated carbocycles. The Balaban J connectivity index is 1.86. The van der Waals surface area contributed by atoms with Crippen molar-refractivity contribution in [2.24, 2.45) is 0 Å². The molecule has 0 saturated heterocycles. The summed E-state index contributed by atoms with van der Waals surface area (Å²) < 4.78 is 7.01. The molecule has 0 aliphatic rings. The average molecular weight is 388 g/mol. The molecule has 0 aliphatic carbocycles. The van der Waals surface area contributed by atoms with Crippen molar-refractivity contribution in [3.8, 4) is 11.1 Å². The van der Waals surface area contributed by atoms with Crippen LogP contribution in [-0.2, 0) is 6.54 Å². The van der Waals surface area contributed by atoms with Crippen LogP contribution in [0.3, 0.4) is 0 Å². The summed E-state index contributed by atoms with van der Waals surface area (Å²) in [6, 6.07) is 18.3. The molecule has 7 heteroatoms. The van der Waals surface area contributed by atoms with E-state index in [1.54, 1.807) is 17.6 Å². The highest BCUT2D eigenvalue weighted by Crippen LogP contribution is 2.22. The summed E-state index contributed by atoms with van der Waals surface area (Å²) in [5.41, 5.74) is 1.54. The fourth-order valence-corrected chi connectivity index (χ4v) is 3.26. The first-order chi connectivity index (χ1) is 13.9. The van der Waals surface area contributed by atoms with Crippen molar-refractivity contribution < 1.29 is 9.34 Å². The van der Waals surface area contributed by atoms with E-state index in [9.17, 15) is 19.7 Å². The molecule has 0 amide bonds. The molecular weight excluding hydrogens is 372 g/mol. The largest absolute Gasteiger partial charge is 0.422 e. The summed E-state index contributed by atoms with van der Waals surface area (Å²) in [5.74, 6) is 0. The van der Waals surface area contributed by atoms with Gasteiger partial charge in [0.25, 0.3) is 11.2 Å². The second-order valence-corrected chi connectivity index (χ2v) is 6.69. The molecule has 29 heavy (non-hydrogen) atoms. The SMILES string of the molecule is Cc1cc2oc(=O)c(-c3ccc([N+](=O)[O-])cc3)cc2c(=O)n1Cc1ccccc1. The number of hydrogen-bond acceptors (Lipinski definition) is 5. The van der Waals surface area contributed by atoms with Crippen LogP contribution in [0.5, 0.6) is 0 Å². The van der Waals surface area contributed by atoms with Gasteiger partial charge < -0.3 is 8.98 Å². The van der Waals surface area contributed by atoms with Crippen molar-refractivity contribution in [3.05, 3.63) is 109 Å². The van der Waals surface area contributed by atoms with Crippen LogP contribution in [0.1, 0.15) is 11.3 Å². The molecule has 0 unspecified atom stereocenters. The Bertz CT molecular complexity index is 1340. The van der Waals surface area contributed by atoms with Gasteiger partial charge in [-0.1, -0.05) is 30.3 Å². The molecule has 0 spiro atoms. The van der Waals surface area contributed by atoms with Crippen LogP contribution in [0.15, 0.2) is 80.7 Å². The Labute approximate surface area is 164 Å². The molecule has 0 radical (unpaired) electrons. The van der Waals surface area contributed by atoms with E-state index in [1.165, 1.54) is 30.3 Å². The zero-order chi connectivity index (χ0) is 20.5. The highest BCUT2D eigenvalue weighted by atomic mass is 16.6. The molecule has 4 aromatic rings. The van der Waals surface area contributed by atoms with Gasteiger partial charge in [0.05, 0.1) is 22.4 Å². The van der Waals surface area contributed by atoms with Gasteiger partial charge in [0, 0.05) is 23.9 Å². The average Bonchev–Trinajstić information content (AvgIpc) is 2.71. The molecule has 2 heterocycles. The Morgan fingerprint density at radius 2 is 1.69 bits per heavy atom. The summed E-state index contributed by atoms with van der Waals surface area (Å²) in [7, 11) is 0. The zero-order valence-electron chi connectivity index (χ0n) is 15.5. The maximum atomic E-state index is 13.1. The molecular formula is C22H16N2O5. The molecule has 0 atom stereocenters. The van der Waals surface area contributed by atoms with E-state index in [0.717, 1.165) is 5.56 Å². The number of non-ortho nitro benzene ring substituents is 1. The lowest BCUT2D eigenvalue weighted by Gasteiger charge is -2.12. The third kappa shape index (κ3) is 3.45. The number of benzene rings is 2.